The van der Waals surface area contributed by atoms with E-state index in [1.807, 2.05) is 4.90 Å². The molecule has 1 heterocycles. The summed E-state index contributed by atoms with van der Waals surface area (Å²) < 4.78 is 5.50. The van der Waals surface area contributed by atoms with Crippen molar-refractivity contribution < 1.29 is 19.7 Å². The van der Waals surface area contributed by atoms with E-state index >= 15 is 0 Å². The summed E-state index contributed by atoms with van der Waals surface area (Å²) in [5.74, 6) is -0.971. The maximum atomic E-state index is 11.3. The summed E-state index contributed by atoms with van der Waals surface area (Å²) >= 11 is 5.85. The molecule has 0 atom stereocenters. The molecule has 0 radical (unpaired) electrons. The van der Waals surface area contributed by atoms with Crippen LogP contribution in [0.25, 0.3) is 0 Å². The van der Waals surface area contributed by atoms with Gasteiger partial charge in [0.2, 0.25) is 0 Å². The first-order chi connectivity index (χ1) is 9.61. The average Bonchev–Trinajstić information content (AvgIpc) is 2.45. The van der Waals surface area contributed by atoms with Crippen molar-refractivity contribution in [1.82, 2.24) is 0 Å². The third kappa shape index (κ3) is 3.62. The van der Waals surface area contributed by atoms with Gasteiger partial charge in [-0.2, -0.15) is 0 Å². The minimum absolute atomic E-state index is 0.0283. The summed E-state index contributed by atoms with van der Waals surface area (Å²) in [6.07, 6.45) is 1.78. The van der Waals surface area contributed by atoms with E-state index in [4.69, 9.17) is 21.4 Å². The number of ether oxygens (including phenoxy) is 1. The van der Waals surface area contributed by atoms with Crippen LogP contribution in [0.1, 0.15) is 23.2 Å². The summed E-state index contributed by atoms with van der Waals surface area (Å²) in [6, 6.07) is 4.94. The number of benzene rings is 1. The molecule has 1 aliphatic heterocycles. The number of piperidine rings is 1. The molecule has 2 N–H and O–H groups in total. The first-order valence-electron chi connectivity index (χ1n) is 6.62. The van der Waals surface area contributed by atoms with Crippen molar-refractivity contribution in [3.63, 3.8) is 0 Å². The Morgan fingerprint density at radius 1 is 1.40 bits per heavy atom. The van der Waals surface area contributed by atoms with Gasteiger partial charge in [-0.3, -0.25) is 0 Å². The smallest absolute Gasteiger partial charge is 0.337 e. The highest BCUT2D eigenvalue weighted by Gasteiger charge is 2.23. The zero-order valence-electron chi connectivity index (χ0n) is 11.1. The molecule has 5 nitrogen and oxygen atoms in total. The number of aliphatic hydroxyl groups excluding tert-OH is 1. The van der Waals surface area contributed by atoms with Crippen molar-refractivity contribution in [1.29, 1.82) is 0 Å². The SMILES string of the molecule is O=C(O)c1cc(Cl)ccc1N1CCC(OCCO)CC1. The zero-order valence-corrected chi connectivity index (χ0v) is 11.8. The summed E-state index contributed by atoms with van der Waals surface area (Å²) in [5, 5.41) is 18.4. The van der Waals surface area contributed by atoms with Gasteiger partial charge in [0.15, 0.2) is 0 Å². The Balaban J connectivity index is 2.05. The summed E-state index contributed by atoms with van der Waals surface area (Å²) in [5.41, 5.74) is 0.926. The van der Waals surface area contributed by atoms with Gasteiger partial charge in [0.1, 0.15) is 0 Å². The number of aromatic carboxylic acids is 1. The van der Waals surface area contributed by atoms with Crippen molar-refractivity contribution >= 4 is 23.3 Å². The number of hydrogen-bond acceptors (Lipinski definition) is 4. The lowest BCUT2D eigenvalue weighted by atomic mass is 10.0. The molecule has 0 aliphatic carbocycles. The van der Waals surface area contributed by atoms with Crippen LogP contribution in [0.4, 0.5) is 5.69 Å². The van der Waals surface area contributed by atoms with Crippen LogP contribution in [0.15, 0.2) is 18.2 Å². The normalized spacial score (nSPS) is 16.4. The van der Waals surface area contributed by atoms with Crippen LogP contribution in [0, 0.1) is 0 Å². The minimum Gasteiger partial charge on any atom is -0.478 e. The van der Waals surface area contributed by atoms with Crippen molar-refractivity contribution in [2.24, 2.45) is 0 Å². The lowest BCUT2D eigenvalue weighted by Gasteiger charge is -2.34. The van der Waals surface area contributed by atoms with Gasteiger partial charge in [-0.15, -0.1) is 0 Å². The highest BCUT2D eigenvalue weighted by molar-refractivity contribution is 6.31. The maximum absolute atomic E-state index is 11.3. The molecule has 1 aromatic rings. The summed E-state index contributed by atoms with van der Waals surface area (Å²) in [6.45, 7) is 1.85. The lowest BCUT2D eigenvalue weighted by Crippen LogP contribution is -2.38. The van der Waals surface area contributed by atoms with E-state index in [9.17, 15) is 9.90 Å². The third-order valence-corrected chi connectivity index (χ3v) is 3.65. The quantitative estimate of drug-likeness (QED) is 0.870. The van der Waals surface area contributed by atoms with Gasteiger partial charge in [-0.25, -0.2) is 4.79 Å². The topological polar surface area (TPSA) is 70.0 Å². The predicted octanol–water partition coefficient (Wildman–Crippen LogP) is 2.02. The molecule has 1 saturated heterocycles. The van der Waals surface area contributed by atoms with Gasteiger partial charge in [0.25, 0.3) is 0 Å². The predicted molar refractivity (Wildman–Crippen MR) is 76.7 cm³/mol. The molecule has 1 fully saturated rings. The maximum Gasteiger partial charge on any atom is 0.337 e. The standard InChI is InChI=1S/C14H18ClNO4/c15-10-1-2-13(12(9-10)14(18)19)16-5-3-11(4-6-16)20-8-7-17/h1-2,9,11,17H,3-8H2,(H,18,19). The van der Waals surface area contributed by atoms with Gasteiger partial charge >= 0.3 is 5.97 Å². The molecular formula is C14H18ClNO4. The molecule has 0 bridgehead atoms. The van der Waals surface area contributed by atoms with Crippen LogP contribution in [0.3, 0.4) is 0 Å². The van der Waals surface area contributed by atoms with E-state index < -0.39 is 5.97 Å². The molecule has 6 heteroatoms. The van der Waals surface area contributed by atoms with Crippen LogP contribution in [-0.4, -0.2) is 48.6 Å². The number of nitrogens with zero attached hydrogens (tertiary/aromatic N) is 1. The Bertz CT molecular complexity index is 472. The largest absolute Gasteiger partial charge is 0.478 e. The van der Waals surface area contributed by atoms with Gasteiger partial charge in [0, 0.05) is 18.1 Å². The highest BCUT2D eigenvalue weighted by Crippen LogP contribution is 2.27. The minimum atomic E-state index is -0.971. The molecule has 20 heavy (non-hydrogen) atoms. The van der Waals surface area contributed by atoms with Crippen LogP contribution in [0.5, 0.6) is 0 Å². The Kier molecular flexibility index (Phi) is 5.23. The van der Waals surface area contributed by atoms with Crippen LogP contribution >= 0.6 is 11.6 Å². The number of aliphatic hydroxyl groups is 1. The molecule has 2 rings (SSSR count). The number of carboxylic acids is 1. The zero-order chi connectivity index (χ0) is 14.5. The second kappa shape index (κ2) is 6.92. The molecule has 0 saturated carbocycles. The Morgan fingerprint density at radius 2 is 2.10 bits per heavy atom. The van der Waals surface area contributed by atoms with Gasteiger partial charge in [-0.05, 0) is 31.0 Å². The first-order valence-corrected chi connectivity index (χ1v) is 7.00. The molecular weight excluding hydrogens is 282 g/mol. The van der Waals surface area contributed by atoms with Crippen molar-refractivity contribution in [3.05, 3.63) is 28.8 Å². The second-order valence-electron chi connectivity index (χ2n) is 4.75. The van der Waals surface area contributed by atoms with E-state index in [0.717, 1.165) is 25.9 Å². The van der Waals surface area contributed by atoms with Crippen LogP contribution in [-0.2, 0) is 4.74 Å². The Hall–Kier alpha value is -1.30. The van der Waals surface area contributed by atoms with Crippen molar-refractivity contribution in [2.45, 2.75) is 18.9 Å². The molecule has 1 aromatic carbocycles. The molecule has 0 unspecified atom stereocenters. The van der Waals surface area contributed by atoms with E-state index in [0.29, 0.717) is 17.3 Å². The van der Waals surface area contributed by atoms with E-state index in [-0.39, 0.29) is 18.3 Å². The Labute approximate surface area is 122 Å². The van der Waals surface area contributed by atoms with Gasteiger partial charge < -0.3 is 19.8 Å². The molecule has 0 amide bonds. The van der Waals surface area contributed by atoms with Gasteiger partial charge in [0.05, 0.1) is 30.6 Å². The number of halogens is 1. The third-order valence-electron chi connectivity index (χ3n) is 3.42. The fraction of sp³-hybridized carbons (Fsp3) is 0.500. The number of carboxylic acid groups (broad SMARTS) is 1. The number of carbonyl (C=O) groups is 1. The van der Waals surface area contributed by atoms with E-state index in [2.05, 4.69) is 0 Å². The first kappa shape index (κ1) is 15.1. The van der Waals surface area contributed by atoms with E-state index in [1.54, 1.807) is 12.1 Å². The Morgan fingerprint density at radius 3 is 2.70 bits per heavy atom. The van der Waals surface area contributed by atoms with Crippen molar-refractivity contribution in [2.75, 3.05) is 31.2 Å². The van der Waals surface area contributed by atoms with Crippen LogP contribution < -0.4 is 4.90 Å². The molecule has 110 valence electrons. The van der Waals surface area contributed by atoms with Crippen LogP contribution in [0.2, 0.25) is 5.02 Å². The number of rotatable bonds is 5. The second-order valence-corrected chi connectivity index (χ2v) is 5.18. The molecule has 0 spiro atoms. The molecule has 0 aromatic heterocycles. The lowest BCUT2D eigenvalue weighted by molar-refractivity contribution is 0.0159. The highest BCUT2D eigenvalue weighted by atomic mass is 35.5. The van der Waals surface area contributed by atoms with Crippen molar-refractivity contribution in [3.8, 4) is 0 Å². The molecule has 1 aliphatic rings. The summed E-state index contributed by atoms with van der Waals surface area (Å²) in [4.78, 5) is 13.3. The van der Waals surface area contributed by atoms with E-state index in [1.165, 1.54) is 6.07 Å². The fourth-order valence-electron chi connectivity index (χ4n) is 2.44. The average molecular weight is 300 g/mol. The monoisotopic (exact) mass is 299 g/mol. The fourth-order valence-corrected chi connectivity index (χ4v) is 2.61. The number of anilines is 1. The number of hydrogen-bond donors (Lipinski definition) is 2. The summed E-state index contributed by atoms with van der Waals surface area (Å²) in [7, 11) is 0. The van der Waals surface area contributed by atoms with Gasteiger partial charge in [-0.1, -0.05) is 11.6 Å².